The average molecular weight is 198 g/mol. The topological polar surface area (TPSA) is 20.2 Å². The summed E-state index contributed by atoms with van der Waals surface area (Å²) in [4.78, 5) is 0. The molecule has 0 unspecified atom stereocenters. The summed E-state index contributed by atoms with van der Waals surface area (Å²) < 4.78 is 0. The zero-order valence-corrected chi connectivity index (χ0v) is 9.17. The molecule has 1 aromatic rings. The first-order chi connectivity index (χ1) is 6.22. The second-order valence-corrected chi connectivity index (χ2v) is 3.46. The first kappa shape index (κ1) is 12.5. The summed E-state index contributed by atoms with van der Waals surface area (Å²) in [6.07, 6.45) is 0. The van der Waals surface area contributed by atoms with E-state index in [0.29, 0.717) is 11.7 Å². The van der Waals surface area contributed by atoms with E-state index in [-0.39, 0.29) is 6.61 Å². The minimum absolute atomic E-state index is 0.184. The van der Waals surface area contributed by atoms with Gasteiger partial charge in [0, 0.05) is 5.75 Å². The van der Waals surface area contributed by atoms with Crippen molar-refractivity contribution in [2.45, 2.75) is 19.8 Å². The molecule has 0 aliphatic carbocycles. The Balaban J connectivity index is 0.000000310. The summed E-state index contributed by atoms with van der Waals surface area (Å²) in [5.74, 6) is 1.23. The molecule has 0 aliphatic rings. The Morgan fingerprint density at radius 2 is 1.69 bits per heavy atom. The lowest BCUT2D eigenvalue weighted by Gasteiger charge is -2.01. The van der Waals surface area contributed by atoms with Crippen LogP contribution in [-0.4, -0.2) is 17.5 Å². The third-order valence-corrected chi connectivity index (χ3v) is 1.77. The highest BCUT2D eigenvalue weighted by molar-refractivity contribution is 7.80. The summed E-state index contributed by atoms with van der Waals surface area (Å²) in [6.45, 7) is 4.59. The third-order valence-electron chi connectivity index (χ3n) is 1.57. The zero-order chi connectivity index (χ0) is 10.1. The number of hydrogen-bond acceptors (Lipinski definition) is 2. The summed E-state index contributed by atoms with van der Waals surface area (Å²) >= 11 is 3.67. The molecule has 0 aliphatic heterocycles. The Labute approximate surface area is 86.2 Å². The Kier molecular flexibility index (Phi) is 7.85. The number of aliphatic hydroxyl groups is 1. The van der Waals surface area contributed by atoms with E-state index >= 15 is 0 Å². The molecule has 0 amide bonds. The van der Waals surface area contributed by atoms with Crippen LogP contribution < -0.4 is 0 Å². The minimum Gasteiger partial charge on any atom is -0.396 e. The SMILES string of the molecule is CC(C)c1ccccc1.OCCS. The van der Waals surface area contributed by atoms with Gasteiger partial charge in [-0.05, 0) is 11.5 Å². The molecule has 0 fully saturated rings. The van der Waals surface area contributed by atoms with Crippen LogP contribution in [0.2, 0.25) is 0 Å². The standard InChI is InChI=1S/C9H12.C2H6OS/c1-8(2)9-6-4-3-5-7-9;3-1-2-4/h3-8H,1-2H3;3-4H,1-2H2. The molecule has 1 N–H and O–H groups in total. The van der Waals surface area contributed by atoms with E-state index in [1.165, 1.54) is 5.56 Å². The fourth-order valence-electron chi connectivity index (χ4n) is 0.838. The molecule has 74 valence electrons. The molecule has 0 saturated heterocycles. The maximum absolute atomic E-state index is 7.80. The van der Waals surface area contributed by atoms with Crippen molar-refractivity contribution in [2.75, 3.05) is 12.4 Å². The van der Waals surface area contributed by atoms with Crippen LogP contribution in [0, 0.1) is 0 Å². The first-order valence-electron chi connectivity index (χ1n) is 4.49. The van der Waals surface area contributed by atoms with Crippen LogP contribution in [0.3, 0.4) is 0 Å². The van der Waals surface area contributed by atoms with Gasteiger partial charge in [-0.1, -0.05) is 44.2 Å². The van der Waals surface area contributed by atoms with Gasteiger partial charge >= 0.3 is 0 Å². The predicted molar refractivity (Wildman–Crippen MR) is 61.5 cm³/mol. The smallest absolute Gasteiger partial charge is 0.0519 e. The van der Waals surface area contributed by atoms with Crippen molar-refractivity contribution >= 4 is 12.6 Å². The highest BCUT2D eigenvalue weighted by Gasteiger charge is 1.93. The van der Waals surface area contributed by atoms with Gasteiger partial charge in [0.1, 0.15) is 0 Å². The molecule has 0 atom stereocenters. The van der Waals surface area contributed by atoms with Gasteiger partial charge in [-0.3, -0.25) is 0 Å². The lowest BCUT2D eigenvalue weighted by molar-refractivity contribution is 0.323. The Morgan fingerprint density at radius 3 is 1.92 bits per heavy atom. The zero-order valence-electron chi connectivity index (χ0n) is 8.27. The molecule has 0 radical (unpaired) electrons. The van der Waals surface area contributed by atoms with Gasteiger partial charge in [0.25, 0.3) is 0 Å². The highest BCUT2D eigenvalue weighted by Crippen LogP contribution is 2.11. The molecule has 0 bridgehead atoms. The molecule has 1 rings (SSSR count). The molecule has 0 saturated carbocycles. The molecular weight excluding hydrogens is 180 g/mol. The van der Waals surface area contributed by atoms with Crippen molar-refractivity contribution in [3.8, 4) is 0 Å². The van der Waals surface area contributed by atoms with Crippen LogP contribution in [0.15, 0.2) is 30.3 Å². The van der Waals surface area contributed by atoms with Gasteiger partial charge in [0.2, 0.25) is 0 Å². The second-order valence-electron chi connectivity index (χ2n) is 3.01. The Bertz CT molecular complexity index is 195. The first-order valence-corrected chi connectivity index (χ1v) is 5.12. The molecule has 0 heterocycles. The van der Waals surface area contributed by atoms with Crippen molar-refractivity contribution in [1.82, 2.24) is 0 Å². The van der Waals surface area contributed by atoms with Crippen molar-refractivity contribution in [3.63, 3.8) is 0 Å². The minimum atomic E-state index is 0.184. The summed E-state index contributed by atoms with van der Waals surface area (Å²) in [7, 11) is 0. The van der Waals surface area contributed by atoms with Crippen molar-refractivity contribution in [2.24, 2.45) is 0 Å². The normalized spacial score (nSPS) is 9.31. The van der Waals surface area contributed by atoms with Crippen LogP contribution in [0.1, 0.15) is 25.3 Å². The van der Waals surface area contributed by atoms with Gasteiger partial charge in [-0.2, -0.15) is 12.6 Å². The Morgan fingerprint density at radius 1 is 1.23 bits per heavy atom. The number of rotatable bonds is 2. The van der Waals surface area contributed by atoms with Gasteiger partial charge in [-0.25, -0.2) is 0 Å². The van der Waals surface area contributed by atoms with Crippen molar-refractivity contribution < 1.29 is 5.11 Å². The number of thiol groups is 1. The van der Waals surface area contributed by atoms with Crippen LogP contribution in [0.4, 0.5) is 0 Å². The van der Waals surface area contributed by atoms with Crippen LogP contribution in [0.5, 0.6) is 0 Å². The van der Waals surface area contributed by atoms with Crippen LogP contribution in [-0.2, 0) is 0 Å². The lowest BCUT2D eigenvalue weighted by Crippen LogP contribution is -1.83. The number of benzene rings is 1. The van der Waals surface area contributed by atoms with E-state index < -0.39 is 0 Å². The summed E-state index contributed by atoms with van der Waals surface area (Å²) in [5.41, 5.74) is 1.41. The molecule has 2 heteroatoms. The molecule has 13 heavy (non-hydrogen) atoms. The fraction of sp³-hybridized carbons (Fsp3) is 0.455. The van der Waals surface area contributed by atoms with Gasteiger partial charge in [-0.15, -0.1) is 0 Å². The molecule has 0 spiro atoms. The maximum atomic E-state index is 7.80. The van der Waals surface area contributed by atoms with E-state index in [4.69, 9.17) is 5.11 Å². The van der Waals surface area contributed by atoms with Crippen molar-refractivity contribution in [3.05, 3.63) is 35.9 Å². The second kappa shape index (κ2) is 8.14. The van der Waals surface area contributed by atoms with E-state index in [9.17, 15) is 0 Å². The number of hydrogen-bond donors (Lipinski definition) is 2. The van der Waals surface area contributed by atoms with E-state index in [1.54, 1.807) is 0 Å². The summed E-state index contributed by atoms with van der Waals surface area (Å²) in [6, 6.07) is 10.5. The monoisotopic (exact) mass is 198 g/mol. The van der Waals surface area contributed by atoms with E-state index in [1.807, 2.05) is 6.07 Å². The van der Waals surface area contributed by atoms with E-state index in [2.05, 4.69) is 50.7 Å². The average Bonchev–Trinajstić information content (AvgIpc) is 2.19. The van der Waals surface area contributed by atoms with Gasteiger partial charge in [0.15, 0.2) is 0 Å². The lowest BCUT2D eigenvalue weighted by atomic mass is 10.0. The van der Waals surface area contributed by atoms with Gasteiger partial charge < -0.3 is 5.11 Å². The highest BCUT2D eigenvalue weighted by atomic mass is 32.1. The third kappa shape index (κ3) is 6.67. The predicted octanol–water partition coefficient (Wildman–Crippen LogP) is 2.72. The fourth-order valence-corrected chi connectivity index (χ4v) is 0.838. The van der Waals surface area contributed by atoms with Crippen molar-refractivity contribution in [1.29, 1.82) is 0 Å². The molecule has 1 aromatic carbocycles. The molecule has 1 nitrogen and oxygen atoms in total. The van der Waals surface area contributed by atoms with Gasteiger partial charge in [0.05, 0.1) is 6.61 Å². The maximum Gasteiger partial charge on any atom is 0.0519 e. The number of aliphatic hydroxyl groups excluding tert-OH is 1. The molecular formula is C11H18OS. The van der Waals surface area contributed by atoms with Crippen LogP contribution >= 0.6 is 12.6 Å². The summed E-state index contributed by atoms with van der Waals surface area (Å²) in [5, 5.41) is 7.80. The van der Waals surface area contributed by atoms with Crippen LogP contribution in [0.25, 0.3) is 0 Å². The van der Waals surface area contributed by atoms with E-state index in [0.717, 1.165) is 0 Å². The quantitative estimate of drug-likeness (QED) is 0.700. The largest absolute Gasteiger partial charge is 0.396 e. The molecule has 0 aromatic heterocycles. The Hall–Kier alpha value is -0.470.